The highest BCUT2D eigenvalue weighted by atomic mass is 35.5. The number of hydrogen-bond donors (Lipinski definition) is 0. The molecule has 0 aliphatic rings. The average Bonchev–Trinajstić information content (AvgIpc) is 2.96. The van der Waals surface area contributed by atoms with Crippen molar-refractivity contribution in [1.29, 1.82) is 0 Å². The summed E-state index contributed by atoms with van der Waals surface area (Å²) >= 11 is 6.24. The first kappa shape index (κ1) is 16.7. The summed E-state index contributed by atoms with van der Waals surface area (Å²) < 4.78 is 13.2. The Bertz CT molecular complexity index is 861. The number of methoxy groups -OCH3 is 2. The monoisotopic (exact) mass is 344 g/mol. The van der Waals surface area contributed by atoms with Crippen molar-refractivity contribution in [3.8, 4) is 22.6 Å². The normalized spacial score (nSPS) is 11.0. The Balaban J connectivity index is 2.35. The molecule has 0 unspecified atom stereocenters. The first-order valence-corrected chi connectivity index (χ1v) is 8.35. The average molecular weight is 345 g/mol. The predicted molar refractivity (Wildman–Crippen MR) is 97.5 cm³/mol. The summed E-state index contributed by atoms with van der Waals surface area (Å²) in [7, 11) is 3.37. The van der Waals surface area contributed by atoms with Gasteiger partial charge in [-0.1, -0.05) is 24.9 Å². The largest absolute Gasteiger partial charge is 0.496 e. The molecule has 126 valence electrons. The Kier molecular flexibility index (Phi) is 4.67. The number of fused-ring (bicyclic) bond motifs is 1. The molecule has 0 radical (unpaired) electrons. The number of aryl methyl sites for hydroxylation is 2. The summed E-state index contributed by atoms with van der Waals surface area (Å²) in [5.41, 5.74) is 4.96. The van der Waals surface area contributed by atoms with Gasteiger partial charge in [0.25, 0.3) is 0 Å². The van der Waals surface area contributed by atoms with Crippen LogP contribution in [0.4, 0.5) is 0 Å². The van der Waals surface area contributed by atoms with Crippen LogP contribution in [0, 0.1) is 6.92 Å². The summed E-state index contributed by atoms with van der Waals surface area (Å²) in [6.45, 7) is 4.21. The molecule has 24 heavy (non-hydrogen) atoms. The molecule has 5 heteroatoms. The molecule has 0 atom stereocenters. The molecule has 0 N–H and O–H groups in total. The van der Waals surface area contributed by atoms with E-state index in [1.165, 1.54) is 5.56 Å². The third-order valence-corrected chi connectivity index (χ3v) is 4.48. The molecule has 0 spiro atoms. The van der Waals surface area contributed by atoms with Gasteiger partial charge in [-0.15, -0.1) is 0 Å². The number of hydrogen-bond acceptors (Lipinski definition) is 3. The van der Waals surface area contributed by atoms with Gasteiger partial charge in [0.15, 0.2) is 0 Å². The topological polar surface area (TPSA) is 35.8 Å². The Morgan fingerprint density at radius 2 is 1.79 bits per heavy atom. The Hall–Kier alpha value is -2.20. The van der Waals surface area contributed by atoms with E-state index < -0.39 is 0 Å². The van der Waals surface area contributed by atoms with E-state index in [0.717, 1.165) is 46.7 Å². The van der Waals surface area contributed by atoms with Gasteiger partial charge in [0.1, 0.15) is 22.3 Å². The van der Waals surface area contributed by atoms with Gasteiger partial charge in [0.2, 0.25) is 0 Å². The number of aromatic nitrogens is 2. The fourth-order valence-electron chi connectivity index (χ4n) is 3.07. The lowest BCUT2D eigenvalue weighted by atomic mass is 9.97. The van der Waals surface area contributed by atoms with Gasteiger partial charge in [-0.2, -0.15) is 0 Å². The fourth-order valence-corrected chi connectivity index (χ4v) is 3.25. The molecule has 0 aliphatic heterocycles. The second-order valence-electron chi connectivity index (χ2n) is 5.77. The van der Waals surface area contributed by atoms with E-state index in [1.54, 1.807) is 20.4 Å². The van der Waals surface area contributed by atoms with Crippen LogP contribution in [0.15, 0.2) is 30.6 Å². The number of ether oxygens (including phenoxy) is 2. The summed E-state index contributed by atoms with van der Waals surface area (Å²) in [4.78, 5) is 4.48. The van der Waals surface area contributed by atoms with E-state index in [4.69, 9.17) is 21.1 Å². The molecule has 2 heterocycles. The van der Waals surface area contributed by atoms with Crippen LogP contribution in [0.3, 0.4) is 0 Å². The van der Waals surface area contributed by atoms with E-state index in [-0.39, 0.29) is 0 Å². The van der Waals surface area contributed by atoms with Crippen LogP contribution in [0.5, 0.6) is 11.5 Å². The first-order chi connectivity index (χ1) is 11.6. The molecule has 0 saturated heterocycles. The van der Waals surface area contributed by atoms with Crippen LogP contribution in [-0.2, 0) is 6.42 Å². The smallest absolute Gasteiger partial charge is 0.146 e. The molecule has 0 amide bonds. The van der Waals surface area contributed by atoms with Crippen molar-refractivity contribution in [1.82, 2.24) is 9.38 Å². The molecule has 4 nitrogen and oxygen atoms in total. The maximum Gasteiger partial charge on any atom is 0.146 e. The molecule has 2 aromatic heterocycles. The lowest BCUT2D eigenvalue weighted by Gasteiger charge is -2.17. The minimum Gasteiger partial charge on any atom is -0.496 e. The number of imidazole rings is 1. The number of benzene rings is 1. The van der Waals surface area contributed by atoms with Crippen LogP contribution in [0.25, 0.3) is 16.8 Å². The van der Waals surface area contributed by atoms with Crippen LogP contribution >= 0.6 is 11.6 Å². The first-order valence-electron chi connectivity index (χ1n) is 7.98. The molecule has 3 aromatic rings. The Morgan fingerprint density at radius 1 is 1.12 bits per heavy atom. The van der Waals surface area contributed by atoms with Crippen molar-refractivity contribution in [2.24, 2.45) is 0 Å². The highest BCUT2D eigenvalue weighted by molar-refractivity contribution is 6.29. The SMILES string of the molecule is CCCc1cc(OC)c(-c2c(C)ccn3c(Cl)cnc23)c(OC)c1. The molecular formula is C19H21ClN2O2. The zero-order valence-corrected chi connectivity index (χ0v) is 15.1. The van der Waals surface area contributed by atoms with Crippen molar-refractivity contribution in [2.45, 2.75) is 26.7 Å². The quantitative estimate of drug-likeness (QED) is 0.658. The van der Waals surface area contributed by atoms with Crippen molar-refractivity contribution in [3.05, 3.63) is 46.9 Å². The second kappa shape index (κ2) is 6.73. The summed E-state index contributed by atoms with van der Waals surface area (Å²) in [6.07, 6.45) is 5.62. The van der Waals surface area contributed by atoms with Gasteiger partial charge >= 0.3 is 0 Å². The van der Waals surface area contributed by atoms with E-state index in [9.17, 15) is 0 Å². The van der Waals surface area contributed by atoms with Gasteiger partial charge in [-0.25, -0.2) is 4.98 Å². The van der Waals surface area contributed by atoms with Gasteiger partial charge in [0.05, 0.1) is 26.0 Å². The third-order valence-electron chi connectivity index (χ3n) is 4.20. The lowest BCUT2D eigenvalue weighted by molar-refractivity contribution is 0.396. The van der Waals surface area contributed by atoms with Crippen molar-refractivity contribution < 1.29 is 9.47 Å². The van der Waals surface area contributed by atoms with Gasteiger partial charge in [-0.05, 0) is 42.7 Å². The van der Waals surface area contributed by atoms with Crippen LogP contribution in [-0.4, -0.2) is 23.6 Å². The zero-order valence-electron chi connectivity index (χ0n) is 14.4. The van der Waals surface area contributed by atoms with E-state index >= 15 is 0 Å². The summed E-state index contributed by atoms with van der Waals surface area (Å²) in [6, 6.07) is 6.18. The second-order valence-corrected chi connectivity index (χ2v) is 6.16. The zero-order chi connectivity index (χ0) is 17.3. The number of rotatable bonds is 5. The molecule has 0 fully saturated rings. The molecule has 0 aliphatic carbocycles. The van der Waals surface area contributed by atoms with Crippen LogP contribution < -0.4 is 9.47 Å². The van der Waals surface area contributed by atoms with Gasteiger partial charge in [0, 0.05) is 11.8 Å². The van der Waals surface area contributed by atoms with E-state index in [1.807, 2.05) is 16.7 Å². The number of pyridine rings is 1. The molecular weight excluding hydrogens is 324 g/mol. The fraction of sp³-hybridized carbons (Fsp3) is 0.316. The van der Waals surface area contributed by atoms with E-state index in [0.29, 0.717) is 5.15 Å². The van der Waals surface area contributed by atoms with Crippen LogP contribution in [0.2, 0.25) is 5.15 Å². The molecule has 0 bridgehead atoms. The van der Waals surface area contributed by atoms with E-state index in [2.05, 4.69) is 31.0 Å². The van der Waals surface area contributed by atoms with Gasteiger partial charge in [-0.3, -0.25) is 4.40 Å². The minimum atomic E-state index is 0.576. The van der Waals surface area contributed by atoms with Crippen LogP contribution in [0.1, 0.15) is 24.5 Å². The maximum absolute atomic E-state index is 6.24. The Labute approximate surface area is 147 Å². The lowest BCUT2D eigenvalue weighted by Crippen LogP contribution is -1.99. The minimum absolute atomic E-state index is 0.576. The number of nitrogens with zero attached hydrogens (tertiary/aromatic N) is 2. The Morgan fingerprint density at radius 3 is 2.38 bits per heavy atom. The molecule has 3 rings (SSSR count). The third kappa shape index (κ3) is 2.71. The number of halogens is 1. The highest BCUT2D eigenvalue weighted by Gasteiger charge is 2.20. The van der Waals surface area contributed by atoms with Crippen molar-refractivity contribution in [3.63, 3.8) is 0 Å². The van der Waals surface area contributed by atoms with Gasteiger partial charge < -0.3 is 9.47 Å². The summed E-state index contributed by atoms with van der Waals surface area (Å²) in [5, 5.41) is 0.576. The highest BCUT2D eigenvalue weighted by Crippen LogP contribution is 2.43. The predicted octanol–water partition coefficient (Wildman–Crippen LogP) is 4.93. The standard InChI is InChI=1S/C19H21ClN2O2/c1-5-6-13-9-14(23-3)18(15(10-13)24-4)17-12(2)7-8-22-16(20)11-21-19(17)22/h7-11H,5-6H2,1-4H3. The van der Waals surface area contributed by atoms with Crippen molar-refractivity contribution in [2.75, 3.05) is 14.2 Å². The molecule has 1 aromatic carbocycles. The molecule has 0 saturated carbocycles. The maximum atomic E-state index is 6.24. The van der Waals surface area contributed by atoms with Crippen molar-refractivity contribution >= 4 is 17.2 Å². The summed E-state index contributed by atoms with van der Waals surface area (Å²) in [5.74, 6) is 1.57.